The number of ether oxygens (including phenoxy) is 3. The third-order valence-electron chi connectivity index (χ3n) is 15.6. The van der Waals surface area contributed by atoms with Crippen molar-refractivity contribution in [2.45, 2.75) is 380 Å². The largest absolute Gasteiger partial charge is 0.462 e. The van der Waals surface area contributed by atoms with E-state index in [4.69, 9.17) is 14.2 Å². The van der Waals surface area contributed by atoms with Crippen LogP contribution in [0.1, 0.15) is 374 Å². The van der Waals surface area contributed by atoms with E-state index in [9.17, 15) is 14.4 Å². The summed E-state index contributed by atoms with van der Waals surface area (Å²) in [6.07, 6.45) is 84.1. The molecule has 1 atom stereocenters. The van der Waals surface area contributed by atoms with Gasteiger partial charge in [-0.15, -0.1) is 0 Å². The highest BCUT2D eigenvalue weighted by molar-refractivity contribution is 5.71. The average Bonchev–Trinajstić information content (AvgIpc) is 3.44. The molecule has 6 heteroatoms. The first-order valence-electron chi connectivity index (χ1n) is 34.6. The van der Waals surface area contributed by atoms with E-state index >= 15 is 0 Å². The van der Waals surface area contributed by atoms with Crippen LogP contribution in [0.3, 0.4) is 0 Å². The van der Waals surface area contributed by atoms with Crippen LogP contribution < -0.4 is 0 Å². The van der Waals surface area contributed by atoms with Crippen LogP contribution in [0.4, 0.5) is 0 Å². The van der Waals surface area contributed by atoms with Crippen LogP contribution in [0, 0.1) is 0 Å². The molecule has 0 N–H and O–H groups in total. The summed E-state index contributed by atoms with van der Waals surface area (Å²) < 4.78 is 17.0. The van der Waals surface area contributed by atoms with Crippen LogP contribution in [0.5, 0.6) is 0 Å². The average molecular weight is 1090 g/mol. The Morgan fingerprint density at radius 1 is 0.269 bits per heavy atom. The number of hydrogen-bond donors (Lipinski definition) is 0. The molecule has 0 bridgehead atoms. The fourth-order valence-electron chi connectivity index (χ4n) is 10.4. The molecule has 0 rings (SSSR count). The molecule has 78 heavy (non-hydrogen) atoms. The summed E-state index contributed by atoms with van der Waals surface area (Å²) in [5.41, 5.74) is 0. The molecule has 456 valence electrons. The zero-order valence-corrected chi connectivity index (χ0v) is 52.5. The van der Waals surface area contributed by atoms with Gasteiger partial charge in [-0.1, -0.05) is 345 Å². The maximum absolute atomic E-state index is 12.9. The fraction of sp³-hybridized carbons (Fsp3) is 0.847. The van der Waals surface area contributed by atoms with Crippen molar-refractivity contribution in [2.75, 3.05) is 13.2 Å². The van der Waals surface area contributed by atoms with Gasteiger partial charge >= 0.3 is 17.9 Å². The predicted molar refractivity (Wildman–Crippen MR) is 339 cm³/mol. The van der Waals surface area contributed by atoms with Gasteiger partial charge in [-0.2, -0.15) is 0 Å². The van der Waals surface area contributed by atoms with Crippen LogP contribution in [0.25, 0.3) is 0 Å². The standard InChI is InChI=1S/C72H132O6/c1-4-7-10-13-16-19-22-25-28-31-32-33-34-35-36-37-38-39-40-42-44-47-50-53-56-59-62-65-71(74)77-68-69(67-76-70(73)64-61-58-55-52-49-46-43-30-27-24-21-18-15-12-9-6-3)78-72(75)66-63-60-57-54-51-48-45-41-29-26-23-20-17-14-11-8-5-2/h7,10,16,19,25,28,32-33,69H,4-6,8-9,11-15,17-18,20-24,26-27,29-31,34-68H2,1-3H3/b10-7-,19-16-,28-25-,33-32-. The first-order chi connectivity index (χ1) is 38.5. The summed E-state index contributed by atoms with van der Waals surface area (Å²) in [7, 11) is 0. The Balaban J connectivity index is 4.25. The smallest absolute Gasteiger partial charge is 0.306 e. The Kier molecular flexibility index (Phi) is 64.6. The molecule has 0 aliphatic rings. The van der Waals surface area contributed by atoms with Crippen molar-refractivity contribution in [1.29, 1.82) is 0 Å². The van der Waals surface area contributed by atoms with E-state index < -0.39 is 6.10 Å². The summed E-state index contributed by atoms with van der Waals surface area (Å²) >= 11 is 0. The van der Waals surface area contributed by atoms with Gasteiger partial charge in [-0.05, 0) is 57.8 Å². The van der Waals surface area contributed by atoms with E-state index in [1.54, 1.807) is 0 Å². The zero-order valence-electron chi connectivity index (χ0n) is 52.5. The molecule has 0 aromatic heterocycles. The van der Waals surface area contributed by atoms with Crippen LogP contribution in [-0.4, -0.2) is 37.2 Å². The Morgan fingerprint density at radius 3 is 0.782 bits per heavy atom. The highest BCUT2D eigenvalue weighted by Gasteiger charge is 2.19. The Bertz CT molecular complexity index is 1350. The lowest BCUT2D eigenvalue weighted by Gasteiger charge is -2.18. The van der Waals surface area contributed by atoms with Crippen molar-refractivity contribution in [3.8, 4) is 0 Å². The van der Waals surface area contributed by atoms with Gasteiger partial charge in [0.15, 0.2) is 6.10 Å². The van der Waals surface area contributed by atoms with Gasteiger partial charge in [0.25, 0.3) is 0 Å². The van der Waals surface area contributed by atoms with Gasteiger partial charge in [0.2, 0.25) is 0 Å². The SMILES string of the molecule is CC/C=C\C/C=C\C/C=C\C/C=C\CCCCCCCCCCCCCCCCC(=O)OCC(COC(=O)CCCCCCCCCCCCCCCCCC)OC(=O)CCCCCCCCCCCCCCCCCCC. The summed E-state index contributed by atoms with van der Waals surface area (Å²) in [4.78, 5) is 38.4. The van der Waals surface area contributed by atoms with Crippen molar-refractivity contribution >= 4 is 17.9 Å². The quantitative estimate of drug-likeness (QED) is 0.0261. The number of carbonyl (C=O) groups excluding carboxylic acids is 3. The maximum atomic E-state index is 12.9. The number of carbonyl (C=O) groups is 3. The second-order valence-corrected chi connectivity index (χ2v) is 23.4. The molecule has 0 amide bonds. The number of rotatable bonds is 64. The van der Waals surface area contributed by atoms with E-state index in [1.165, 1.54) is 250 Å². The van der Waals surface area contributed by atoms with Crippen molar-refractivity contribution in [1.82, 2.24) is 0 Å². The minimum Gasteiger partial charge on any atom is -0.462 e. The van der Waals surface area contributed by atoms with Gasteiger partial charge in [-0.3, -0.25) is 14.4 Å². The Hall–Kier alpha value is -2.63. The number of hydrogen-bond acceptors (Lipinski definition) is 6. The molecular formula is C72H132O6. The first-order valence-corrected chi connectivity index (χ1v) is 34.6. The van der Waals surface area contributed by atoms with Gasteiger partial charge in [-0.25, -0.2) is 0 Å². The number of unbranched alkanes of at least 4 members (excludes halogenated alkanes) is 45. The molecule has 0 aliphatic carbocycles. The molecule has 0 heterocycles. The normalized spacial score (nSPS) is 12.3. The van der Waals surface area contributed by atoms with Gasteiger partial charge in [0, 0.05) is 19.3 Å². The van der Waals surface area contributed by atoms with E-state index in [1.807, 2.05) is 0 Å². The van der Waals surface area contributed by atoms with Crippen LogP contribution in [-0.2, 0) is 28.6 Å². The molecule has 0 spiro atoms. The first kappa shape index (κ1) is 75.4. The third kappa shape index (κ3) is 64.2. The van der Waals surface area contributed by atoms with Gasteiger partial charge < -0.3 is 14.2 Å². The molecule has 0 aliphatic heterocycles. The molecule has 0 radical (unpaired) electrons. The van der Waals surface area contributed by atoms with Crippen molar-refractivity contribution in [3.63, 3.8) is 0 Å². The third-order valence-corrected chi connectivity index (χ3v) is 15.6. The predicted octanol–water partition coefficient (Wildman–Crippen LogP) is 23.7. The van der Waals surface area contributed by atoms with Crippen LogP contribution in [0.2, 0.25) is 0 Å². The molecular weight excluding hydrogens is 961 g/mol. The van der Waals surface area contributed by atoms with Gasteiger partial charge in [0.05, 0.1) is 0 Å². The lowest BCUT2D eigenvalue weighted by atomic mass is 10.0. The topological polar surface area (TPSA) is 78.9 Å². The Labute approximate surface area is 486 Å². The molecule has 0 fully saturated rings. The van der Waals surface area contributed by atoms with Gasteiger partial charge in [0.1, 0.15) is 13.2 Å². The monoisotopic (exact) mass is 1090 g/mol. The number of esters is 3. The minimum absolute atomic E-state index is 0.0660. The maximum Gasteiger partial charge on any atom is 0.306 e. The highest BCUT2D eigenvalue weighted by atomic mass is 16.6. The fourth-order valence-corrected chi connectivity index (χ4v) is 10.4. The summed E-state index contributed by atoms with van der Waals surface area (Å²) in [6.45, 7) is 6.60. The minimum atomic E-state index is -0.769. The highest BCUT2D eigenvalue weighted by Crippen LogP contribution is 2.18. The molecule has 0 saturated heterocycles. The lowest BCUT2D eigenvalue weighted by molar-refractivity contribution is -0.167. The second kappa shape index (κ2) is 66.9. The summed E-state index contributed by atoms with van der Waals surface area (Å²) in [6, 6.07) is 0. The molecule has 1 unspecified atom stereocenters. The summed E-state index contributed by atoms with van der Waals surface area (Å²) in [5.74, 6) is -0.837. The van der Waals surface area contributed by atoms with Crippen LogP contribution in [0.15, 0.2) is 48.6 Å². The van der Waals surface area contributed by atoms with E-state index in [0.29, 0.717) is 19.3 Å². The Morgan fingerprint density at radius 2 is 0.500 bits per heavy atom. The van der Waals surface area contributed by atoms with E-state index in [-0.39, 0.29) is 31.1 Å². The molecule has 0 saturated carbocycles. The summed E-state index contributed by atoms with van der Waals surface area (Å²) in [5, 5.41) is 0. The second-order valence-electron chi connectivity index (χ2n) is 23.4. The van der Waals surface area contributed by atoms with Crippen molar-refractivity contribution < 1.29 is 28.6 Å². The van der Waals surface area contributed by atoms with E-state index in [2.05, 4.69) is 69.4 Å². The number of allylic oxidation sites excluding steroid dienone is 8. The molecule has 0 aromatic rings. The van der Waals surface area contributed by atoms with Crippen LogP contribution >= 0.6 is 0 Å². The van der Waals surface area contributed by atoms with E-state index in [0.717, 1.165) is 83.5 Å². The zero-order chi connectivity index (χ0) is 56.4. The van der Waals surface area contributed by atoms with Crippen molar-refractivity contribution in [3.05, 3.63) is 48.6 Å². The molecule has 0 aromatic carbocycles. The van der Waals surface area contributed by atoms with Crippen molar-refractivity contribution in [2.24, 2.45) is 0 Å². The lowest BCUT2D eigenvalue weighted by Crippen LogP contribution is -2.30. The molecule has 6 nitrogen and oxygen atoms in total.